The molecule has 0 saturated heterocycles. The highest BCUT2D eigenvalue weighted by molar-refractivity contribution is 5.32. The minimum absolute atomic E-state index is 0.190. The summed E-state index contributed by atoms with van der Waals surface area (Å²) in [5, 5.41) is 0. The zero-order valence-corrected chi connectivity index (χ0v) is 8.11. The van der Waals surface area contributed by atoms with E-state index in [1.807, 2.05) is 0 Å². The van der Waals surface area contributed by atoms with Crippen LogP contribution in [0.25, 0.3) is 0 Å². The van der Waals surface area contributed by atoms with Crippen molar-refractivity contribution in [3.05, 3.63) is 35.1 Å². The number of alkyl halides is 3. The SMILES string of the molecule is CCC(N)c1cc(F)ccc1C(F)(F)F. The Hall–Kier alpha value is -1.10. The lowest BCUT2D eigenvalue weighted by atomic mass is 9.98. The normalized spacial score (nSPS) is 14.0. The third-order valence-electron chi connectivity index (χ3n) is 2.16. The lowest BCUT2D eigenvalue weighted by Crippen LogP contribution is -2.17. The predicted octanol–water partition coefficient (Wildman–Crippen LogP) is 3.25. The highest BCUT2D eigenvalue weighted by atomic mass is 19.4. The molecule has 0 saturated carbocycles. The number of benzene rings is 1. The molecule has 0 aliphatic carbocycles. The summed E-state index contributed by atoms with van der Waals surface area (Å²) in [6.07, 6.45) is -4.16. The maximum absolute atomic E-state index is 12.8. The molecular weight excluding hydrogens is 210 g/mol. The Morgan fingerprint density at radius 1 is 1.33 bits per heavy atom. The quantitative estimate of drug-likeness (QED) is 0.762. The first-order chi connectivity index (χ1) is 6.86. The van der Waals surface area contributed by atoms with Crippen molar-refractivity contribution in [2.24, 2.45) is 5.73 Å². The van der Waals surface area contributed by atoms with Crippen molar-refractivity contribution < 1.29 is 17.6 Å². The van der Waals surface area contributed by atoms with Crippen LogP contribution in [0.15, 0.2) is 18.2 Å². The Kier molecular flexibility index (Phi) is 3.34. The Labute approximate surface area is 84.9 Å². The number of hydrogen-bond donors (Lipinski definition) is 1. The van der Waals surface area contributed by atoms with Crippen LogP contribution in [0.1, 0.15) is 30.5 Å². The van der Waals surface area contributed by atoms with Gasteiger partial charge in [0, 0.05) is 6.04 Å². The van der Waals surface area contributed by atoms with Gasteiger partial charge in [-0.05, 0) is 30.2 Å². The summed E-state index contributed by atoms with van der Waals surface area (Å²) in [7, 11) is 0. The molecule has 0 aromatic heterocycles. The van der Waals surface area contributed by atoms with E-state index in [2.05, 4.69) is 0 Å². The summed E-state index contributed by atoms with van der Waals surface area (Å²) in [5.41, 5.74) is 4.44. The number of nitrogens with two attached hydrogens (primary N) is 1. The van der Waals surface area contributed by atoms with Gasteiger partial charge in [-0.25, -0.2) is 4.39 Å². The largest absolute Gasteiger partial charge is 0.416 e. The van der Waals surface area contributed by atoms with E-state index in [9.17, 15) is 17.6 Å². The molecule has 0 spiro atoms. The third kappa shape index (κ3) is 2.68. The first kappa shape index (κ1) is 12.0. The fourth-order valence-electron chi connectivity index (χ4n) is 1.32. The molecule has 1 aromatic carbocycles. The van der Waals surface area contributed by atoms with Gasteiger partial charge in [0.1, 0.15) is 5.82 Å². The molecule has 0 heterocycles. The number of halogens is 4. The topological polar surface area (TPSA) is 26.0 Å². The maximum Gasteiger partial charge on any atom is 0.416 e. The standard InChI is InChI=1S/C10H11F4N/c1-2-9(15)7-5-6(11)3-4-8(7)10(12,13)14/h3-5,9H,2,15H2,1H3. The fourth-order valence-corrected chi connectivity index (χ4v) is 1.32. The van der Waals surface area contributed by atoms with E-state index in [0.29, 0.717) is 6.42 Å². The molecule has 1 aromatic rings. The Balaban J connectivity index is 3.27. The highest BCUT2D eigenvalue weighted by Gasteiger charge is 2.34. The first-order valence-corrected chi connectivity index (χ1v) is 4.48. The van der Waals surface area contributed by atoms with Crippen molar-refractivity contribution in [3.63, 3.8) is 0 Å². The molecule has 5 heteroatoms. The van der Waals surface area contributed by atoms with Crippen LogP contribution in [0.5, 0.6) is 0 Å². The van der Waals surface area contributed by atoms with Crippen LogP contribution in [0.2, 0.25) is 0 Å². The maximum atomic E-state index is 12.8. The fraction of sp³-hybridized carbons (Fsp3) is 0.400. The first-order valence-electron chi connectivity index (χ1n) is 4.48. The van der Waals surface area contributed by atoms with Gasteiger partial charge in [-0.1, -0.05) is 6.92 Å². The van der Waals surface area contributed by atoms with E-state index >= 15 is 0 Å². The Morgan fingerprint density at radius 3 is 2.40 bits per heavy atom. The monoisotopic (exact) mass is 221 g/mol. The zero-order valence-electron chi connectivity index (χ0n) is 8.11. The van der Waals surface area contributed by atoms with Gasteiger partial charge < -0.3 is 5.73 Å². The molecule has 0 aliphatic heterocycles. The molecule has 2 N–H and O–H groups in total. The van der Waals surface area contributed by atoms with Crippen LogP contribution >= 0.6 is 0 Å². The van der Waals surface area contributed by atoms with Crippen LogP contribution in [-0.4, -0.2) is 0 Å². The summed E-state index contributed by atoms with van der Waals surface area (Å²) >= 11 is 0. The second kappa shape index (κ2) is 4.18. The molecular formula is C10H11F4N. The van der Waals surface area contributed by atoms with E-state index in [-0.39, 0.29) is 5.56 Å². The second-order valence-corrected chi connectivity index (χ2v) is 3.24. The molecule has 15 heavy (non-hydrogen) atoms. The summed E-state index contributed by atoms with van der Waals surface area (Å²) in [4.78, 5) is 0. The van der Waals surface area contributed by atoms with E-state index in [1.54, 1.807) is 6.92 Å². The molecule has 1 unspecified atom stereocenters. The van der Waals surface area contributed by atoms with Gasteiger partial charge in [0.2, 0.25) is 0 Å². The highest BCUT2D eigenvalue weighted by Crippen LogP contribution is 2.35. The van der Waals surface area contributed by atoms with Crippen molar-refractivity contribution in [1.82, 2.24) is 0 Å². The number of hydrogen-bond acceptors (Lipinski definition) is 1. The van der Waals surface area contributed by atoms with Crippen LogP contribution < -0.4 is 5.73 Å². The molecule has 1 nitrogen and oxygen atoms in total. The van der Waals surface area contributed by atoms with E-state index in [4.69, 9.17) is 5.73 Å². The molecule has 0 aliphatic rings. The minimum atomic E-state index is -4.49. The molecule has 84 valence electrons. The molecule has 0 fully saturated rings. The molecule has 1 atom stereocenters. The van der Waals surface area contributed by atoms with E-state index in [0.717, 1.165) is 18.2 Å². The van der Waals surface area contributed by atoms with Gasteiger partial charge in [-0.2, -0.15) is 13.2 Å². The predicted molar refractivity (Wildman–Crippen MR) is 48.6 cm³/mol. The van der Waals surface area contributed by atoms with Gasteiger partial charge in [-0.3, -0.25) is 0 Å². The molecule has 0 radical (unpaired) electrons. The van der Waals surface area contributed by atoms with Gasteiger partial charge in [0.15, 0.2) is 0 Å². The third-order valence-corrected chi connectivity index (χ3v) is 2.16. The van der Waals surface area contributed by atoms with Gasteiger partial charge in [0.25, 0.3) is 0 Å². The lowest BCUT2D eigenvalue weighted by molar-refractivity contribution is -0.138. The van der Waals surface area contributed by atoms with Crippen LogP contribution in [0.3, 0.4) is 0 Å². The summed E-state index contributed by atoms with van der Waals surface area (Å²) < 4.78 is 50.3. The summed E-state index contributed by atoms with van der Waals surface area (Å²) in [6.45, 7) is 1.65. The van der Waals surface area contributed by atoms with Gasteiger partial charge in [0.05, 0.1) is 5.56 Å². The van der Waals surface area contributed by atoms with Crippen molar-refractivity contribution in [2.45, 2.75) is 25.6 Å². The average Bonchev–Trinajstić information content (AvgIpc) is 2.14. The number of rotatable bonds is 2. The van der Waals surface area contributed by atoms with Gasteiger partial charge >= 0.3 is 6.18 Å². The minimum Gasteiger partial charge on any atom is -0.324 e. The zero-order chi connectivity index (χ0) is 11.6. The molecule has 0 amide bonds. The smallest absolute Gasteiger partial charge is 0.324 e. The average molecular weight is 221 g/mol. The van der Waals surface area contributed by atoms with E-state index < -0.39 is 23.6 Å². The van der Waals surface area contributed by atoms with E-state index in [1.165, 1.54) is 0 Å². The summed E-state index contributed by atoms with van der Waals surface area (Å²) in [5.74, 6) is -0.707. The Bertz CT molecular complexity index is 346. The van der Waals surface area contributed by atoms with Crippen LogP contribution in [0.4, 0.5) is 17.6 Å². The molecule has 0 bridgehead atoms. The Morgan fingerprint density at radius 2 is 1.93 bits per heavy atom. The lowest BCUT2D eigenvalue weighted by Gasteiger charge is -2.17. The van der Waals surface area contributed by atoms with Gasteiger partial charge in [-0.15, -0.1) is 0 Å². The van der Waals surface area contributed by atoms with Crippen molar-refractivity contribution in [1.29, 1.82) is 0 Å². The summed E-state index contributed by atoms with van der Waals surface area (Å²) in [6, 6.07) is 1.56. The van der Waals surface area contributed by atoms with Crippen LogP contribution in [0, 0.1) is 5.82 Å². The van der Waals surface area contributed by atoms with Crippen molar-refractivity contribution in [2.75, 3.05) is 0 Å². The molecule has 1 rings (SSSR count). The van der Waals surface area contributed by atoms with Crippen LogP contribution in [-0.2, 0) is 6.18 Å². The van der Waals surface area contributed by atoms with Crippen molar-refractivity contribution >= 4 is 0 Å². The van der Waals surface area contributed by atoms with Crippen molar-refractivity contribution in [3.8, 4) is 0 Å². The second-order valence-electron chi connectivity index (χ2n) is 3.24.